The zero-order chi connectivity index (χ0) is 33.0. The van der Waals surface area contributed by atoms with Crippen molar-refractivity contribution in [2.45, 2.75) is 37.8 Å². The molecule has 3 aromatic rings. The minimum absolute atomic E-state index is 0.0316. The van der Waals surface area contributed by atoms with E-state index >= 15 is 0 Å². The largest absolute Gasteiger partial charge is 0.508 e. The standard InChI is InChI=1S/C32H26O13/c1-9-5-10-11(6-13(9)33)25(36)17-12(24(10)35)7-15(44-3)20(26(17)37)19-16(45-4)8-14(34)18-21(19)28(39)23-22(27(18)38)29(40)31(42)32(2,43)30(23)41/h5-8,29-31,33-34,37,40-43H,1-4H3/t29-,30-,31+,32-/m0/s1. The van der Waals surface area contributed by atoms with Crippen molar-refractivity contribution in [3.8, 4) is 39.9 Å². The van der Waals surface area contributed by atoms with Gasteiger partial charge in [-0.05, 0) is 37.6 Å². The van der Waals surface area contributed by atoms with Gasteiger partial charge in [0.25, 0.3) is 0 Å². The second-order valence-corrected chi connectivity index (χ2v) is 11.3. The molecule has 0 bridgehead atoms. The molecule has 3 aliphatic carbocycles. The van der Waals surface area contributed by atoms with Gasteiger partial charge in [-0.15, -0.1) is 0 Å². The lowest BCUT2D eigenvalue weighted by Gasteiger charge is -2.44. The van der Waals surface area contributed by atoms with Gasteiger partial charge >= 0.3 is 0 Å². The predicted molar refractivity (Wildman–Crippen MR) is 152 cm³/mol. The highest BCUT2D eigenvalue weighted by Gasteiger charge is 2.56. The number of aryl methyl sites for hydroxylation is 1. The first kappa shape index (κ1) is 30.0. The van der Waals surface area contributed by atoms with Gasteiger partial charge in [0.15, 0.2) is 23.1 Å². The number of benzene rings is 3. The van der Waals surface area contributed by atoms with E-state index < -0.39 is 97.5 Å². The van der Waals surface area contributed by atoms with Crippen molar-refractivity contribution in [2.75, 3.05) is 14.2 Å². The monoisotopic (exact) mass is 618 g/mol. The van der Waals surface area contributed by atoms with E-state index in [1.165, 1.54) is 20.1 Å². The topological polar surface area (TPSA) is 228 Å². The highest BCUT2D eigenvalue weighted by Crippen LogP contribution is 2.54. The molecule has 4 atom stereocenters. The zero-order valence-electron chi connectivity index (χ0n) is 24.1. The van der Waals surface area contributed by atoms with Crippen LogP contribution in [0.4, 0.5) is 0 Å². The number of methoxy groups -OCH3 is 2. The second kappa shape index (κ2) is 9.71. The van der Waals surface area contributed by atoms with Crippen molar-refractivity contribution in [1.82, 2.24) is 0 Å². The Morgan fingerprint density at radius 3 is 1.84 bits per heavy atom. The molecule has 0 aliphatic heterocycles. The Hall–Kier alpha value is -5.08. The summed E-state index contributed by atoms with van der Waals surface area (Å²) >= 11 is 0. The maximum absolute atomic E-state index is 14.2. The van der Waals surface area contributed by atoms with Gasteiger partial charge in [-0.2, -0.15) is 0 Å². The van der Waals surface area contributed by atoms with Crippen LogP contribution in [0.3, 0.4) is 0 Å². The molecule has 3 aliphatic rings. The Morgan fingerprint density at radius 1 is 0.644 bits per heavy atom. The lowest BCUT2D eigenvalue weighted by atomic mass is 9.67. The van der Waals surface area contributed by atoms with Crippen LogP contribution in [-0.2, 0) is 0 Å². The zero-order valence-corrected chi connectivity index (χ0v) is 24.1. The van der Waals surface area contributed by atoms with Crippen LogP contribution in [0.15, 0.2) is 35.4 Å². The van der Waals surface area contributed by atoms with Gasteiger partial charge in [0.1, 0.15) is 52.7 Å². The molecular formula is C32H26O13. The van der Waals surface area contributed by atoms with Crippen molar-refractivity contribution < 1.29 is 64.4 Å². The number of fused-ring (bicyclic) bond motifs is 3. The van der Waals surface area contributed by atoms with E-state index in [9.17, 15) is 54.9 Å². The Bertz CT molecular complexity index is 1970. The van der Waals surface area contributed by atoms with Crippen molar-refractivity contribution in [1.29, 1.82) is 0 Å². The van der Waals surface area contributed by atoms with E-state index in [-0.39, 0.29) is 33.9 Å². The van der Waals surface area contributed by atoms with Gasteiger partial charge in [-0.3, -0.25) is 19.2 Å². The third-order valence-corrected chi connectivity index (χ3v) is 8.78. The molecule has 13 heteroatoms. The van der Waals surface area contributed by atoms with Crippen LogP contribution in [0.1, 0.15) is 65.0 Å². The third kappa shape index (κ3) is 3.75. The van der Waals surface area contributed by atoms with Gasteiger partial charge in [-0.1, -0.05) is 0 Å². The average Bonchev–Trinajstić information content (AvgIpc) is 2.99. The lowest BCUT2D eigenvalue weighted by molar-refractivity contribution is -0.158. The van der Waals surface area contributed by atoms with Gasteiger partial charge < -0.3 is 45.2 Å². The van der Waals surface area contributed by atoms with E-state index in [1.807, 2.05) is 0 Å². The normalized spacial score (nSPS) is 23.8. The summed E-state index contributed by atoms with van der Waals surface area (Å²) in [4.78, 5) is 55.2. The predicted octanol–water partition coefficient (Wildman–Crippen LogP) is 1.09. The summed E-state index contributed by atoms with van der Waals surface area (Å²) in [5, 5.41) is 75.8. The van der Waals surface area contributed by atoms with Gasteiger partial charge in [0, 0.05) is 45.0 Å². The Kier molecular flexibility index (Phi) is 6.47. The molecule has 0 fully saturated rings. The number of carbonyl (C=O) groups is 4. The van der Waals surface area contributed by atoms with Crippen molar-refractivity contribution in [3.05, 3.63) is 74.4 Å². The number of aliphatic hydroxyl groups excluding tert-OH is 3. The SMILES string of the molecule is COc1cc2c(c(O)c1-c1c(OC)cc(O)c3c1C(=O)C1=C(C3=O)[C@H](O)[C@@H](O)[C@@](C)(O)[C@H]1O)C(=O)c1cc(O)c(C)cc1C2=O. The van der Waals surface area contributed by atoms with Crippen LogP contribution in [0, 0.1) is 6.92 Å². The molecule has 0 heterocycles. The Labute approximate surface area is 253 Å². The van der Waals surface area contributed by atoms with Crippen LogP contribution in [0.5, 0.6) is 28.7 Å². The molecule has 0 aromatic heterocycles. The fourth-order valence-electron chi connectivity index (χ4n) is 6.33. The Morgan fingerprint density at radius 2 is 1.22 bits per heavy atom. The fourth-order valence-corrected chi connectivity index (χ4v) is 6.33. The number of phenolic OH excluding ortho intramolecular Hbond substituents is 3. The minimum atomic E-state index is -2.50. The Balaban J connectivity index is 1.70. The number of hydrogen-bond acceptors (Lipinski definition) is 13. The first-order chi connectivity index (χ1) is 21.1. The van der Waals surface area contributed by atoms with Gasteiger partial charge in [0.2, 0.25) is 0 Å². The molecule has 0 saturated heterocycles. The summed E-state index contributed by atoms with van der Waals surface area (Å²) in [5.41, 5.74) is -6.84. The third-order valence-electron chi connectivity index (χ3n) is 8.78. The van der Waals surface area contributed by atoms with Crippen LogP contribution in [-0.4, -0.2) is 97.0 Å². The highest BCUT2D eigenvalue weighted by molar-refractivity contribution is 6.33. The van der Waals surface area contributed by atoms with E-state index in [2.05, 4.69) is 0 Å². The molecule has 0 saturated carbocycles. The maximum Gasteiger partial charge on any atom is 0.198 e. The number of aliphatic hydroxyl groups is 4. The van der Waals surface area contributed by atoms with Crippen LogP contribution in [0.2, 0.25) is 0 Å². The van der Waals surface area contributed by atoms with Crippen LogP contribution in [0.25, 0.3) is 11.1 Å². The summed E-state index contributed by atoms with van der Waals surface area (Å²) in [5.74, 6) is -6.41. The molecule has 45 heavy (non-hydrogen) atoms. The fraction of sp³-hybridized carbons (Fsp3) is 0.250. The van der Waals surface area contributed by atoms with E-state index in [0.717, 1.165) is 32.2 Å². The second-order valence-electron chi connectivity index (χ2n) is 11.3. The summed E-state index contributed by atoms with van der Waals surface area (Å²) in [7, 11) is 2.31. The number of phenols is 3. The van der Waals surface area contributed by atoms with Crippen molar-refractivity contribution in [3.63, 3.8) is 0 Å². The number of ketones is 4. The summed E-state index contributed by atoms with van der Waals surface area (Å²) in [6, 6.07) is 4.50. The molecule has 0 radical (unpaired) electrons. The molecule has 3 aromatic carbocycles. The van der Waals surface area contributed by atoms with Crippen molar-refractivity contribution in [2.24, 2.45) is 0 Å². The summed E-state index contributed by atoms with van der Waals surface area (Å²) in [6.07, 6.45) is -6.42. The molecule has 0 unspecified atom stereocenters. The molecule has 0 amide bonds. The smallest absolute Gasteiger partial charge is 0.198 e. The van der Waals surface area contributed by atoms with Crippen LogP contribution >= 0.6 is 0 Å². The maximum atomic E-state index is 14.2. The summed E-state index contributed by atoms with van der Waals surface area (Å²) < 4.78 is 10.9. The van der Waals surface area contributed by atoms with E-state index in [1.54, 1.807) is 0 Å². The first-order valence-electron chi connectivity index (χ1n) is 13.5. The van der Waals surface area contributed by atoms with Crippen molar-refractivity contribution >= 4 is 23.1 Å². The number of Topliss-reactive ketones (excluding diaryl/α,β-unsaturated/α-hetero) is 2. The first-order valence-corrected chi connectivity index (χ1v) is 13.5. The average molecular weight is 619 g/mol. The molecule has 6 rings (SSSR count). The number of hydrogen-bond donors (Lipinski definition) is 7. The lowest BCUT2D eigenvalue weighted by Crippen LogP contribution is -2.61. The molecular weight excluding hydrogens is 592 g/mol. The molecule has 232 valence electrons. The highest BCUT2D eigenvalue weighted by atomic mass is 16.5. The molecule has 0 spiro atoms. The van der Waals surface area contributed by atoms with Gasteiger partial charge in [-0.25, -0.2) is 0 Å². The minimum Gasteiger partial charge on any atom is -0.508 e. The molecule has 13 nitrogen and oxygen atoms in total. The number of carbonyl (C=O) groups excluding carboxylic acids is 4. The number of ether oxygens (including phenoxy) is 2. The van der Waals surface area contributed by atoms with Gasteiger partial charge in [0.05, 0.1) is 30.9 Å². The quantitative estimate of drug-likeness (QED) is 0.171. The van der Waals surface area contributed by atoms with E-state index in [0.29, 0.717) is 5.56 Å². The van der Waals surface area contributed by atoms with Crippen LogP contribution < -0.4 is 9.47 Å². The number of aromatic hydroxyl groups is 3. The number of rotatable bonds is 3. The summed E-state index contributed by atoms with van der Waals surface area (Å²) in [6.45, 7) is 2.48. The van der Waals surface area contributed by atoms with E-state index in [4.69, 9.17) is 9.47 Å². The molecule has 7 N–H and O–H groups in total.